The second-order valence-corrected chi connectivity index (χ2v) is 5.02. The molecular weight excluding hydrogens is 234 g/mol. The van der Waals surface area contributed by atoms with Crippen molar-refractivity contribution in [1.29, 1.82) is 0 Å². The largest absolute Gasteiger partial charge is 0.382 e. The van der Waals surface area contributed by atoms with Gasteiger partial charge in [0.2, 0.25) is 0 Å². The van der Waals surface area contributed by atoms with Crippen LogP contribution in [0.15, 0.2) is 54.6 Å². The first-order chi connectivity index (χ1) is 9.33. The number of fused-ring (bicyclic) bond motifs is 1. The highest BCUT2D eigenvalue weighted by molar-refractivity contribution is 5.71. The predicted octanol–water partition coefficient (Wildman–Crippen LogP) is 2.45. The Kier molecular flexibility index (Phi) is 3.38. The summed E-state index contributed by atoms with van der Waals surface area (Å²) in [6.07, 6.45) is 0. The number of anilines is 2. The molecule has 0 saturated carbocycles. The van der Waals surface area contributed by atoms with Crippen LogP contribution >= 0.6 is 0 Å². The van der Waals surface area contributed by atoms with Gasteiger partial charge in [0.05, 0.1) is 11.4 Å². The van der Waals surface area contributed by atoms with Crippen molar-refractivity contribution in [2.45, 2.75) is 12.6 Å². The third-order valence-electron chi connectivity index (χ3n) is 3.47. The zero-order valence-corrected chi connectivity index (χ0v) is 10.9. The topological polar surface area (TPSA) is 41.3 Å². The van der Waals surface area contributed by atoms with Gasteiger partial charge >= 0.3 is 0 Å². The van der Waals surface area contributed by atoms with Crippen molar-refractivity contribution in [3.8, 4) is 0 Å². The van der Waals surface area contributed by atoms with Crippen LogP contribution in [0.2, 0.25) is 0 Å². The smallest absolute Gasteiger partial charge is 0.0605 e. The number of nitrogens with zero attached hydrogens (tertiary/aromatic N) is 1. The first-order valence-electron chi connectivity index (χ1n) is 6.70. The van der Waals surface area contributed by atoms with Gasteiger partial charge < -0.3 is 16.0 Å². The molecule has 0 aliphatic carbocycles. The number of hydrogen-bond donors (Lipinski definition) is 2. The SMILES string of the molecule is N[C@H]1CNc2ccccc2N(Cc2ccccc2)C1. The molecule has 0 fully saturated rings. The van der Waals surface area contributed by atoms with Gasteiger partial charge in [-0.3, -0.25) is 0 Å². The molecule has 0 amide bonds. The lowest BCUT2D eigenvalue weighted by atomic mass is 10.1. The van der Waals surface area contributed by atoms with Gasteiger partial charge in [-0.15, -0.1) is 0 Å². The summed E-state index contributed by atoms with van der Waals surface area (Å²) in [5.74, 6) is 0. The minimum absolute atomic E-state index is 0.149. The molecule has 3 rings (SSSR count). The van der Waals surface area contributed by atoms with Gasteiger partial charge in [-0.2, -0.15) is 0 Å². The fourth-order valence-corrected chi connectivity index (χ4v) is 2.54. The molecule has 0 bridgehead atoms. The average molecular weight is 253 g/mol. The van der Waals surface area contributed by atoms with Crippen molar-refractivity contribution in [1.82, 2.24) is 0 Å². The molecule has 2 aromatic rings. The van der Waals surface area contributed by atoms with Crippen LogP contribution in [0.1, 0.15) is 5.56 Å². The lowest BCUT2D eigenvalue weighted by Gasteiger charge is -2.26. The Morgan fingerprint density at radius 1 is 1.05 bits per heavy atom. The lowest BCUT2D eigenvalue weighted by molar-refractivity contribution is 0.665. The van der Waals surface area contributed by atoms with Gasteiger partial charge in [-0.05, 0) is 17.7 Å². The van der Waals surface area contributed by atoms with Gasteiger partial charge in [-0.1, -0.05) is 42.5 Å². The lowest BCUT2D eigenvalue weighted by Crippen LogP contribution is -2.39. The Hall–Kier alpha value is -2.00. The molecule has 1 aliphatic heterocycles. The van der Waals surface area contributed by atoms with Crippen LogP contribution in [0.25, 0.3) is 0 Å². The Morgan fingerprint density at radius 3 is 2.63 bits per heavy atom. The van der Waals surface area contributed by atoms with E-state index < -0.39 is 0 Å². The van der Waals surface area contributed by atoms with Crippen LogP contribution in [0.5, 0.6) is 0 Å². The average Bonchev–Trinajstić information content (AvgIpc) is 2.60. The predicted molar refractivity (Wildman–Crippen MR) is 80.4 cm³/mol. The zero-order valence-electron chi connectivity index (χ0n) is 10.9. The maximum absolute atomic E-state index is 6.15. The number of nitrogens with two attached hydrogens (primary N) is 1. The van der Waals surface area contributed by atoms with Crippen LogP contribution in [0.4, 0.5) is 11.4 Å². The quantitative estimate of drug-likeness (QED) is 0.863. The summed E-state index contributed by atoms with van der Waals surface area (Å²) in [5, 5.41) is 3.42. The summed E-state index contributed by atoms with van der Waals surface area (Å²) in [4.78, 5) is 2.36. The van der Waals surface area contributed by atoms with E-state index in [0.717, 1.165) is 19.6 Å². The van der Waals surface area contributed by atoms with E-state index in [2.05, 4.69) is 58.7 Å². The summed E-state index contributed by atoms with van der Waals surface area (Å²) in [5.41, 5.74) is 9.87. The van der Waals surface area contributed by atoms with Gasteiger partial charge in [0.15, 0.2) is 0 Å². The molecule has 1 aliphatic rings. The van der Waals surface area contributed by atoms with Gasteiger partial charge in [0.1, 0.15) is 0 Å². The van der Waals surface area contributed by atoms with Crippen molar-refractivity contribution in [2.75, 3.05) is 23.3 Å². The first kappa shape index (κ1) is 12.1. The van der Waals surface area contributed by atoms with Crippen molar-refractivity contribution in [2.24, 2.45) is 5.73 Å². The molecule has 19 heavy (non-hydrogen) atoms. The number of benzene rings is 2. The fraction of sp³-hybridized carbons (Fsp3) is 0.250. The second-order valence-electron chi connectivity index (χ2n) is 5.02. The van der Waals surface area contributed by atoms with E-state index >= 15 is 0 Å². The van der Waals surface area contributed by atoms with Crippen LogP contribution in [0.3, 0.4) is 0 Å². The molecule has 0 unspecified atom stereocenters. The first-order valence-corrected chi connectivity index (χ1v) is 6.70. The standard InChI is InChI=1S/C16H19N3/c17-14-10-18-15-8-4-5-9-16(15)19(12-14)11-13-6-2-1-3-7-13/h1-9,14,18H,10-12,17H2/t14-/m0/s1. The second kappa shape index (κ2) is 5.33. The number of hydrogen-bond acceptors (Lipinski definition) is 3. The molecule has 3 heteroatoms. The van der Waals surface area contributed by atoms with Gasteiger partial charge in [-0.25, -0.2) is 0 Å². The molecule has 2 aromatic carbocycles. The molecule has 0 aromatic heterocycles. The van der Waals surface area contributed by atoms with Crippen molar-refractivity contribution in [3.63, 3.8) is 0 Å². The molecule has 0 radical (unpaired) electrons. The molecule has 98 valence electrons. The maximum Gasteiger partial charge on any atom is 0.0605 e. The summed E-state index contributed by atoms with van der Waals surface area (Å²) >= 11 is 0. The van der Waals surface area contributed by atoms with E-state index in [1.807, 2.05) is 6.07 Å². The molecule has 3 N–H and O–H groups in total. The minimum atomic E-state index is 0.149. The minimum Gasteiger partial charge on any atom is -0.382 e. The monoisotopic (exact) mass is 253 g/mol. The van der Waals surface area contributed by atoms with E-state index in [1.165, 1.54) is 16.9 Å². The molecule has 3 nitrogen and oxygen atoms in total. The van der Waals surface area contributed by atoms with Gasteiger partial charge in [0, 0.05) is 25.7 Å². The van der Waals surface area contributed by atoms with Crippen LogP contribution < -0.4 is 16.0 Å². The number of rotatable bonds is 2. The summed E-state index contributed by atoms with van der Waals surface area (Å²) in [6, 6.07) is 19.1. The summed E-state index contributed by atoms with van der Waals surface area (Å²) in [6.45, 7) is 2.59. The Bertz CT molecular complexity index is 539. The van der Waals surface area contributed by atoms with E-state index in [-0.39, 0.29) is 6.04 Å². The Morgan fingerprint density at radius 2 is 1.79 bits per heavy atom. The summed E-state index contributed by atoms with van der Waals surface area (Å²) in [7, 11) is 0. The summed E-state index contributed by atoms with van der Waals surface area (Å²) < 4.78 is 0. The molecule has 1 atom stereocenters. The third-order valence-corrected chi connectivity index (χ3v) is 3.47. The maximum atomic E-state index is 6.15. The van der Waals surface area contributed by atoms with Crippen LogP contribution in [0, 0.1) is 0 Å². The van der Waals surface area contributed by atoms with E-state index in [1.54, 1.807) is 0 Å². The Labute approximate surface area is 114 Å². The highest BCUT2D eigenvalue weighted by Crippen LogP contribution is 2.28. The number of nitrogens with one attached hydrogen (secondary N) is 1. The van der Waals surface area contributed by atoms with E-state index in [4.69, 9.17) is 5.73 Å². The van der Waals surface area contributed by atoms with E-state index in [9.17, 15) is 0 Å². The van der Waals surface area contributed by atoms with Crippen molar-refractivity contribution in [3.05, 3.63) is 60.2 Å². The molecular formula is C16H19N3. The fourth-order valence-electron chi connectivity index (χ4n) is 2.54. The molecule has 0 saturated heterocycles. The van der Waals surface area contributed by atoms with Crippen molar-refractivity contribution >= 4 is 11.4 Å². The van der Waals surface area contributed by atoms with Crippen LogP contribution in [-0.4, -0.2) is 19.1 Å². The van der Waals surface area contributed by atoms with Gasteiger partial charge in [0.25, 0.3) is 0 Å². The normalized spacial score (nSPS) is 18.4. The molecule has 0 spiro atoms. The third kappa shape index (κ3) is 2.71. The van der Waals surface area contributed by atoms with Crippen LogP contribution in [-0.2, 0) is 6.54 Å². The Balaban J connectivity index is 1.90. The molecule has 1 heterocycles. The highest BCUT2D eigenvalue weighted by atomic mass is 15.2. The zero-order chi connectivity index (χ0) is 13.1. The number of para-hydroxylation sites is 2. The van der Waals surface area contributed by atoms with E-state index in [0.29, 0.717) is 0 Å². The highest BCUT2D eigenvalue weighted by Gasteiger charge is 2.18. The van der Waals surface area contributed by atoms with Crippen molar-refractivity contribution < 1.29 is 0 Å².